The first-order valence-electron chi connectivity index (χ1n) is 6.64. The summed E-state index contributed by atoms with van der Waals surface area (Å²) in [5, 5.41) is 6.99. The van der Waals surface area contributed by atoms with Crippen LogP contribution >= 0.6 is 23.4 Å². The summed E-state index contributed by atoms with van der Waals surface area (Å²) in [7, 11) is 0. The number of thioether (sulfide) groups is 1. The number of amides is 1. The summed E-state index contributed by atoms with van der Waals surface area (Å²) >= 11 is 7.67. The molecule has 1 atom stereocenters. The van der Waals surface area contributed by atoms with Crippen molar-refractivity contribution in [2.45, 2.75) is 30.7 Å². The van der Waals surface area contributed by atoms with Crippen LogP contribution in [-0.4, -0.2) is 30.8 Å². The number of benzene rings is 1. The van der Waals surface area contributed by atoms with Gasteiger partial charge in [-0.3, -0.25) is 4.79 Å². The lowest BCUT2D eigenvalue weighted by Crippen LogP contribution is -2.45. The van der Waals surface area contributed by atoms with Crippen molar-refractivity contribution in [3.8, 4) is 0 Å². The second-order valence-corrected chi connectivity index (χ2v) is 6.33. The SMILES string of the molecule is CCSc1ccc(Cl)cc1C(=O)N[C@H]1CCCNC1. The Morgan fingerprint density at radius 2 is 2.42 bits per heavy atom. The molecule has 1 aliphatic rings. The molecular weight excluding hydrogens is 280 g/mol. The van der Waals surface area contributed by atoms with Crippen molar-refractivity contribution in [3.05, 3.63) is 28.8 Å². The van der Waals surface area contributed by atoms with E-state index in [2.05, 4.69) is 17.6 Å². The smallest absolute Gasteiger partial charge is 0.252 e. The van der Waals surface area contributed by atoms with E-state index in [1.165, 1.54) is 0 Å². The fourth-order valence-electron chi connectivity index (χ4n) is 2.20. The van der Waals surface area contributed by atoms with Gasteiger partial charge in [0.2, 0.25) is 0 Å². The van der Waals surface area contributed by atoms with E-state index in [-0.39, 0.29) is 11.9 Å². The molecule has 1 aliphatic heterocycles. The molecule has 5 heteroatoms. The van der Waals surface area contributed by atoms with Crippen molar-refractivity contribution in [2.24, 2.45) is 0 Å². The van der Waals surface area contributed by atoms with Crippen molar-refractivity contribution in [1.29, 1.82) is 0 Å². The fourth-order valence-corrected chi connectivity index (χ4v) is 3.15. The van der Waals surface area contributed by atoms with Crippen molar-refractivity contribution in [3.63, 3.8) is 0 Å². The number of hydrogen-bond acceptors (Lipinski definition) is 3. The Kier molecular flexibility index (Phi) is 5.55. The topological polar surface area (TPSA) is 41.1 Å². The average molecular weight is 299 g/mol. The number of nitrogens with one attached hydrogen (secondary N) is 2. The number of halogens is 1. The van der Waals surface area contributed by atoms with Crippen LogP contribution in [-0.2, 0) is 0 Å². The summed E-state index contributed by atoms with van der Waals surface area (Å²) in [6, 6.07) is 5.73. The summed E-state index contributed by atoms with van der Waals surface area (Å²) in [4.78, 5) is 13.3. The number of hydrogen-bond donors (Lipinski definition) is 2. The van der Waals surface area contributed by atoms with Gasteiger partial charge in [-0.2, -0.15) is 0 Å². The molecule has 3 nitrogen and oxygen atoms in total. The molecule has 0 aliphatic carbocycles. The van der Waals surface area contributed by atoms with Gasteiger partial charge in [0.25, 0.3) is 5.91 Å². The van der Waals surface area contributed by atoms with Crippen molar-refractivity contribution >= 4 is 29.3 Å². The van der Waals surface area contributed by atoms with E-state index in [1.807, 2.05) is 12.1 Å². The van der Waals surface area contributed by atoms with Crippen LogP contribution in [0.4, 0.5) is 0 Å². The maximum Gasteiger partial charge on any atom is 0.252 e. The third-order valence-corrected chi connectivity index (χ3v) is 4.31. The summed E-state index contributed by atoms with van der Waals surface area (Å²) in [5.74, 6) is 0.916. The third kappa shape index (κ3) is 4.13. The minimum absolute atomic E-state index is 0.0212. The van der Waals surface area contributed by atoms with Gasteiger partial charge < -0.3 is 10.6 Å². The molecular formula is C14H19ClN2OS. The molecule has 1 fully saturated rings. The molecule has 1 aromatic rings. The van der Waals surface area contributed by atoms with E-state index in [1.54, 1.807) is 17.8 Å². The van der Waals surface area contributed by atoms with E-state index >= 15 is 0 Å². The van der Waals surface area contributed by atoms with Gasteiger partial charge in [-0.25, -0.2) is 0 Å². The van der Waals surface area contributed by atoms with Gasteiger partial charge in [0, 0.05) is 22.5 Å². The molecule has 0 saturated carbocycles. The first-order valence-corrected chi connectivity index (χ1v) is 8.01. The van der Waals surface area contributed by atoms with E-state index in [0.29, 0.717) is 10.6 Å². The minimum Gasteiger partial charge on any atom is -0.348 e. The first-order chi connectivity index (χ1) is 9.20. The van der Waals surface area contributed by atoms with Crippen LogP contribution in [0.15, 0.2) is 23.1 Å². The Bertz CT molecular complexity index is 447. The highest BCUT2D eigenvalue weighted by atomic mass is 35.5. The van der Waals surface area contributed by atoms with E-state index < -0.39 is 0 Å². The lowest BCUT2D eigenvalue weighted by molar-refractivity contribution is 0.0927. The van der Waals surface area contributed by atoms with Crippen molar-refractivity contribution in [2.75, 3.05) is 18.8 Å². The third-order valence-electron chi connectivity index (χ3n) is 3.12. The molecule has 0 radical (unpaired) electrons. The fraction of sp³-hybridized carbons (Fsp3) is 0.500. The largest absolute Gasteiger partial charge is 0.348 e. The first kappa shape index (κ1) is 14.7. The maximum atomic E-state index is 12.3. The van der Waals surface area contributed by atoms with Gasteiger partial charge in [-0.05, 0) is 43.3 Å². The van der Waals surface area contributed by atoms with Gasteiger partial charge >= 0.3 is 0 Å². The second-order valence-electron chi connectivity index (χ2n) is 4.59. The minimum atomic E-state index is -0.0212. The number of rotatable bonds is 4. The van der Waals surface area contributed by atoms with Crippen LogP contribution in [0.3, 0.4) is 0 Å². The molecule has 1 amide bonds. The maximum absolute atomic E-state index is 12.3. The zero-order chi connectivity index (χ0) is 13.7. The lowest BCUT2D eigenvalue weighted by atomic mass is 10.1. The predicted octanol–water partition coefficient (Wildman–Crippen LogP) is 2.93. The normalized spacial score (nSPS) is 19.2. The molecule has 0 bridgehead atoms. The highest BCUT2D eigenvalue weighted by Gasteiger charge is 2.18. The molecule has 2 N–H and O–H groups in total. The summed E-state index contributed by atoms with van der Waals surface area (Å²) in [6.07, 6.45) is 2.15. The molecule has 0 spiro atoms. The van der Waals surface area contributed by atoms with Crippen LogP contribution in [0.2, 0.25) is 5.02 Å². The van der Waals surface area contributed by atoms with Crippen molar-refractivity contribution < 1.29 is 4.79 Å². The van der Waals surface area contributed by atoms with Crippen LogP contribution in [0.5, 0.6) is 0 Å². The Morgan fingerprint density at radius 1 is 1.58 bits per heavy atom. The molecule has 1 heterocycles. The zero-order valence-corrected chi connectivity index (χ0v) is 12.6. The van der Waals surface area contributed by atoms with E-state index in [9.17, 15) is 4.79 Å². The summed E-state index contributed by atoms with van der Waals surface area (Å²) in [5.41, 5.74) is 0.685. The van der Waals surface area contributed by atoms with Crippen LogP contribution in [0, 0.1) is 0 Å². The standard InChI is InChI=1S/C14H19ClN2OS/c1-2-19-13-6-5-10(15)8-12(13)14(18)17-11-4-3-7-16-9-11/h5-6,8,11,16H,2-4,7,9H2,1H3,(H,17,18)/t11-/m0/s1. The van der Waals surface area contributed by atoms with E-state index in [0.717, 1.165) is 36.6 Å². The second kappa shape index (κ2) is 7.17. The monoisotopic (exact) mass is 298 g/mol. The van der Waals surface area contributed by atoms with Crippen LogP contribution < -0.4 is 10.6 Å². The zero-order valence-electron chi connectivity index (χ0n) is 11.0. The van der Waals surface area contributed by atoms with Gasteiger partial charge in [0.05, 0.1) is 5.56 Å². The van der Waals surface area contributed by atoms with Gasteiger partial charge in [0.1, 0.15) is 0 Å². The Balaban J connectivity index is 2.10. The predicted molar refractivity (Wildman–Crippen MR) is 81.2 cm³/mol. The van der Waals surface area contributed by atoms with Gasteiger partial charge in [0.15, 0.2) is 0 Å². The molecule has 19 heavy (non-hydrogen) atoms. The Hall–Kier alpha value is -0.710. The van der Waals surface area contributed by atoms with Gasteiger partial charge in [-0.15, -0.1) is 11.8 Å². The van der Waals surface area contributed by atoms with Gasteiger partial charge in [-0.1, -0.05) is 18.5 Å². The van der Waals surface area contributed by atoms with Crippen LogP contribution in [0.1, 0.15) is 30.1 Å². The lowest BCUT2D eigenvalue weighted by Gasteiger charge is -2.24. The number of carbonyl (C=O) groups is 1. The van der Waals surface area contributed by atoms with E-state index in [4.69, 9.17) is 11.6 Å². The van der Waals surface area contributed by atoms with Crippen molar-refractivity contribution in [1.82, 2.24) is 10.6 Å². The molecule has 104 valence electrons. The number of piperidine rings is 1. The highest BCUT2D eigenvalue weighted by molar-refractivity contribution is 7.99. The summed E-state index contributed by atoms with van der Waals surface area (Å²) in [6.45, 7) is 3.97. The summed E-state index contributed by atoms with van der Waals surface area (Å²) < 4.78 is 0. The quantitative estimate of drug-likeness (QED) is 0.840. The Labute approximate surface area is 123 Å². The molecule has 1 aromatic carbocycles. The molecule has 0 unspecified atom stereocenters. The number of carbonyl (C=O) groups excluding carboxylic acids is 1. The van der Waals surface area contributed by atoms with Crippen LogP contribution in [0.25, 0.3) is 0 Å². The molecule has 0 aromatic heterocycles. The molecule has 2 rings (SSSR count). The highest BCUT2D eigenvalue weighted by Crippen LogP contribution is 2.25. The Morgan fingerprint density at radius 3 is 3.11 bits per heavy atom. The average Bonchev–Trinajstić information content (AvgIpc) is 2.42. The molecule has 1 saturated heterocycles.